The summed E-state index contributed by atoms with van der Waals surface area (Å²) in [5.41, 5.74) is 5.44. The lowest BCUT2D eigenvalue weighted by molar-refractivity contribution is -0.147. The topological polar surface area (TPSA) is 75.9 Å². The van der Waals surface area contributed by atoms with Crippen molar-refractivity contribution in [3.8, 4) is 0 Å². The average Bonchev–Trinajstić information content (AvgIpc) is 2.46. The molecule has 0 unspecified atom stereocenters. The predicted molar refractivity (Wildman–Crippen MR) is 88.7 cm³/mol. The van der Waals surface area contributed by atoms with E-state index >= 15 is 0 Å². The van der Waals surface area contributed by atoms with Gasteiger partial charge in [0.15, 0.2) is 0 Å². The molecule has 2 N–H and O–H groups in total. The second kappa shape index (κ2) is 7.62. The van der Waals surface area contributed by atoms with Crippen LogP contribution in [0, 0.1) is 11.8 Å². The van der Waals surface area contributed by atoms with E-state index in [4.69, 9.17) is 10.5 Å². The summed E-state index contributed by atoms with van der Waals surface area (Å²) in [5, 5.41) is 0. The molecule has 132 valence electrons. The third-order valence-corrected chi connectivity index (χ3v) is 4.86. The van der Waals surface area contributed by atoms with E-state index in [0.29, 0.717) is 6.54 Å². The largest absolute Gasteiger partial charge is 0.373 e. The number of carbonyl (C=O) groups excluding carboxylic acids is 2. The van der Waals surface area contributed by atoms with Gasteiger partial charge in [-0.2, -0.15) is 0 Å². The molecule has 2 saturated heterocycles. The van der Waals surface area contributed by atoms with Gasteiger partial charge in [-0.05, 0) is 32.6 Å². The van der Waals surface area contributed by atoms with Crippen LogP contribution in [0.15, 0.2) is 0 Å². The maximum atomic E-state index is 13.1. The second-order valence-electron chi connectivity index (χ2n) is 7.43. The van der Waals surface area contributed by atoms with Gasteiger partial charge in [-0.3, -0.25) is 14.5 Å². The molecule has 2 fully saturated rings. The highest BCUT2D eigenvalue weighted by Gasteiger charge is 2.38. The van der Waals surface area contributed by atoms with Crippen LogP contribution in [-0.2, 0) is 14.3 Å². The highest BCUT2D eigenvalue weighted by Crippen LogP contribution is 2.23. The van der Waals surface area contributed by atoms with E-state index in [1.54, 1.807) is 0 Å². The first-order valence-corrected chi connectivity index (χ1v) is 8.77. The van der Waals surface area contributed by atoms with Crippen LogP contribution in [0.1, 0.15) is 40.5 Å². The number of piperidine rings is 1. The van der Waals surface area contributed by atoms with Crippen molar-refractivity contribution in [2.75, 3.05) is 26.2 Å². The number of amides is 2. The van der Waals surface area contributed by atoms with Gasteiger partial charge in [0.25, 0.3) is 0 Å². The molecule has 0 aromatic carbocycles. The van der Waals surface area contributed by atoms with E-state index in [9.17, 15) is 9.59 Å². The van der Waals surface area contributed by atoms with Crippen molar-refractivity contribution in [1.29, 1.82) is 0 Å². The molecule has 2 heterocycles. The van der Waals surface area contributed by atoms with Crippen molar-refractivity contribution in [1.82, 2.24) is 9.80 Å². The Morgan fingerprint density at radius 3 is 2.26 bits per heavy atom. The van der Waals surface area contributed by atoms with Gasteiger partial charge in [-0.25, -0.2) is 0 Å². The molecule has 0 aromatic heterocycles. The summed E-state index contributed by atoms with van der Waals surface area (Å²) >= 11 is 0. The number of ether oxygens (including phenoxy) is 1. The highest BCUT2D eigenvalue weighted by molar-refractivity contribution is 5.84. The van der Waals surface area contributed by atoms with Crippen molar-refractivity contribution < 1.29 is 14.3 Å². The molecule has 6 heteroatoms. The molecular weight excluding hydrogens is 294 g/mol. The fraction of sp³-hybridized carbons (Fsp3) is 0.882. The Balaban J connectivity index is 2.10. The lowest BCUT2D eigenvalue weighted by atomic mass is 9.94. The predicted octanol–water partition coefficient (Wildman–Crippen LogP) is 0.844. The number of hydrogen-bond acceptors (Lipinski definition) is 4. The van der Waals surface area contributed by atoms with Crippen LogP contribution in [0.5, 0.6) is 0 Å². The number of rotatable bonds is 4. The van der Waals surface area contributed by atoms with Gasteiger partial charge in [0.2, 0.25) is 11.8 Å². The number of morpholine rings is 1. The second-order valence-corrected chi connectivity index (χ2v) is 7.43. The minimum Gasteiger partial charge on any atom is -0.373 e. The molecule has 23 heavy (non-hydrogen) atoms. The van der Waals surface area contributed by atoms with E-state index in [1.165, 1.54) is 0 Å². The van der Waals surface area contributed by atoms with Crippen LogP contribution in [0.4, 0.5) is 0 Å². The molecule has 4 atom stereocenters. The zero-order valence-electron chi connectivity index (χ0n) is 14.8. The molecule has 0 saturated carbocycles. The first kappa shape index (κ1) is 18.2. The van der Waals surface area contributed by atoms with Crippen molar-refractivity contribution >= 4 is 11.8 Å². The molecule has 0 aromatic rings. The van der Waals surface area contributed by atoms with Gasteiger partial charge in [0.05, 0.1) is 24.2 Å². The number of primary amides is 1. The molecular formula is C17H31N3O3. The van der Waals surface area contributed by atoms with E-state index in [0.717, 1.165) is 32.5 Å². The molecule has 2 aliphatic heterocycles. The zero-order chi connectivity index (χ0) is 17.1. The Bertz CT molecular complexity index is 431. The number of nitrogens with zero attached hydrogens (tertiary/aromatic N) is 2. The Hall–Kier alpha value is -1.14. The van der Waals surface area contributed by atoms with Gasteiger partial charge >= 0.3 is 0 Å². The Morgan fingerprint density at radius 2 is 1.74 bits per heavy atom. The smallest absolute Gasteiger partial charge is 0.240 e. The van der Waals surface area contributed by atoms with Crippen molar-refractivity contribution in [2.45, 2.75) is 58.8 Å². The number of hydrogen-bond donors (Lipinski definition) is 1. The molecule has 2 aliphatic rings. The molecule has 6 nitrogen and oxygen atoms in total. The van der Waals surface area contributed by atoms with Gasteiger partial charge < -0.3 is 15.4 Å². The third-order valence-electron chi connectivity index (χ3n) is 4.86. The maximum Gasteiger partial charge on any atom is 0.240 e. The van der Waals surface area contributed by atoms with Gasteiger partial charge in [-0.1, -0.05) is 13.8 Å². The summed E-state index contributed by atoms with van der Waals surface area (Å²) in [6.07, 6.45) is 1.90. The van der Waals surface area contributed by atoms with Gasteiger partial charge in [0.1, 0.15) is 0 Å². The highest BCUT2D eigenvalue weighted by atomic mass is 16.5. The van der Waals surface area contributed by atoms with Crippen LogP contribution in [0.2, 0.25) is 0 Å². The average molecular weight is 325 g/mol. The first-order chi connectivity index (χ1) is 10.8. The van der Waals surface area contributed by atoms with E-state index < -0.39 is 0 Å². The van der Waals surface area contributed by atoms with Crippen molar-refractivity contribution in [3.63, 3.8) is 0 Å². The third kappa shape index (κ3) is 4.44. The summed E-state index contributed by atoms with van der Waals surface area (Å²) in [6.45, 7) is 11.0. The summed E-state index contributed by atoms with van der Waals surface area (Å²) < 4.78 is 5.79. The zero-order valence-corrected chi connectivity index (χ0v) is 14.8. The SMILES string of the molecule is CC(C)[C@@H](C(=O)N1CCC[C@H](C(N)=O)C1)N1C[C@@H](C)O[C@@H](C)C1. The summed E-state index contributed by atoms with van der Waals surface area (Å²) in [4.78, 5) is 28.7. The minimum absolute atomic E-state index is 0.132. The van der Waals surface area contributed by atoms with Crippen LogP contribution >= 0.6 is 0 Å². The quantitative estimate of drug-likeness (QED) is 0.831. The van der Waals surface area contributed by atoms with Crippen molar-refractivity contribution in [2.24, 2.45) is 17.6 Å². The standard InChI is InChI=1S/C17H31N3O3/c1-11(2)15(20-8-12(3)23-13(4)9-20)17(22)19-7-5-6-14(10-19)16(18)21/h11-15H,5-10H2,1-4H3,(H2,18,21)/t12-,13+,14-,15-/m0/s1. The fourth-order valence-electron chi connectivity index (χ4n) is 3.90. The van der Waals surface area contributed by atoms with Crippen LogP contribution < -0.4 is 5.73 Å². The number of likely N-dealkylation sites (tertiary alicyclic amines) is 1. The van der Waals surface area contributed by atoms with E-state index in [-0.39, 0.29) is 41.9 Å². The summed E-state index contributed by atoms with van der Waals surface area (Å²) in [5.74, 6) is -0.151. The molecule has 2 rings (SSSR count). The van der Waals surface area contributed by atoms with Crippen LogP contribution in [0.3, 0.4) is 0 Å². The Kier molecular flexibility index (Phi) is 6.03. The lowest BCUT2D eigenvalue weighted by Gasteiger charge is -2.43. The van der Waals surface area contributed by atoms with Gasteiger partial charge in [0, 0.05) is 26.2 Å². The molecule has 0 radical (unpaired) electrons. The molecule has 0 aliphatic carbocycles. The minimum atomic E-state index is -0.294. The van der Waals surface area contributed by atoms with E-state index in [1.807, 2.05) is 4.90 Å². The van der Waals surface area contributed by atoms with E-state index in [2.05, 4.69) is 32.6 Å². The monoisotopic (exact) mass is 325 g/mol. The Labute approximate surface area is 139 Å². The molecule has 0 bridgehead atoms. The number of carbonyl (C=O) groups is 2. The number of nitrogens with two attached hydrogens (primary N) is 1. The van der Waals surface area contributed by atoms with Crippen LogP contribution in [0.25, 0.3) is 0 Å². The normalized spacial score (nSPS) is 31.2. The van der Waals surface area contributed by atoms with Crippen molar-refractivity contribution in [3.05, 3.63) is 0 Å². The summed E-state index contributed by atoms with van der Waals surface area (Å²) in [6, 6.07) is -0.157. The summed E-state index contributed by atoms with van der Waals surface area (Å²) in [7, 11) is 0. The lowest BCUT2D eigenvalue weighted by Crippen LogP contribution is -2.59. The Morgan fingerprint density at radius 1 is 1.13 bits per heavy atom. The van der Waals surface area contributed by atoms with Gasteiger partial charge in [-0.15, -0.1) is 0 Å². The maximum absolute atomic E-state index is 13.1. The first-order valence-electron chi connectivity index (χ1n) is 8.77. The van der Waals surface area contributed by atoms with Crippen LogP contribution in [-0.4, -0.2) is 66.0 Å². The molecule has 2 amide bonds. The fourth-order valence-corrected chi connectivity index (χ4v) is 3.90. The molecule has 0 spiro atoms.